The fourth-order valence-electron chi connectivity index (χ4n) is 2.70. The Morgan fingerprint density at radius 2 is 2.21 bits per heavy atom. The van der Waals surface area contributed by atoms with Gasteiger partial charge < -0.3 is 9.80 Å². The summed E-state index contributed by atoms with van der Waals surface area (Å²) in [7, 11) is 0. The molecule has 0 radical (unpaired) electrons. The molecule has 1 saturated heterocycles. The van der Waals surface area contributed by atoms with E-state index in [-0.39, 0.29) is 30.6 Å². The van der Waals surface area contributed by atoms with Gasteiger partial charge in [0, 0.05) is 25.0 Å². The highest BCUT2D eigenvalue weighted by atomic mass is 32.1. The van der Waals surface area contributed by atoms with E-state index in [4.69, 9.17) is 0 Å². The number of carbonyl (C=O) groups excluding carboxylic acids is 2. The van der Waals surface area contributed by atoms with Crippen LogP contribution in [-0.4, -0.2) is 46.2 Å². The molecule has 1 aromatic heterocycles. The van der Waals surface area contributed by atoms with Crippen LogP contribution in [0.2, 0.25) is 0 Å². The third-order valence-electron chi connectivity index (χ3n) is 3.93. The SMILES string of the molecule is Cc1nc(CC(=O)N2CCN(Cc3cccc(F)c3)C(=O)C2)cs1. The lowest BCUT2D eigenvalue weighted by molar-refractivity contribution is -0.145. The molecule has 2 amide bonds. The summed E-state index contributed by atoms with van der Waals surface area (Å²) in [6, 6.07) is 6.22. The number of aromatic nitrogens is 1. The molecule has 7 heteroatoms. The van der Waals surface area contributed by atoms with E-state index in [1.165, 1.54) is 23.5 Å². The van der Waals surface area contributed by atoms with Crippen molar-refractivity contribution in [2.75, 3.05) is 19.6 Å². The smallest absolute Gasteiger partial charge is 0.242 e. The Bertz CT molecular complexity index is 762. The van der Waals surface area contributed by atoms with E-state index >= 15 is 0 Å². The van der Waals surface area contributed by atoms with Crippen LogP contribution in [0.25, 0.3) is 0 Å². The third kappa shape index (κ3) is 3.97. The van der Waals surface area contributed by atoms with Crippen molar-refractivity contribution in [1.29, 1.82) is 0 Å². The molecular weight excluding hydrogens is 329 g/mol. The van der Waals surface area contributed by atoms with Crippen LogP contribution in [0.3, 0.4) is 0 Å². The molecule has 0 N–H and O–H groups in total. The van der Waals surface area contributed by atoms with E-state index in [1.54, 1.807) is 21.9 Å². The Balaban J connectivity index is 1.56. The van der Waals surface area contributed by atoms with Crippen molar-refractivity contribution in [2.45, 2.75) is 19.9 Å². The van der Waals surface area contributed by atoms with Crippen LogP contribution < -0.4 is 0 Å². The number of amides is 2. The number of thiazole rings is 1. The quantitative estimate of drug-likeness (QED) is 0.850. The first-order valence-electron chi connectivity index (χ1n) is 7.72. The Kier molecular flexibility index (Phi) is 4.89. The Hall–Kier alpha value is -2.28. The van der Waals surface area contributed by atoms with E-state index in [1.807, 2.05) is 12.3 Å². The zero-order chi connectivity index (χ0) is 17.1. The topological polar surface area (TPSA) is 53.5 Å². The molecule has 3 rings (SSSR count). The van der Waals surface area contributed by atoms with Gasteiger partial charge in [0.05, 0.1) is 23.7 Å². The van der Waals surface area contributed by atoms with Gasteiger partial charge in [-0.25, -0.2) is 9.37 Å². The van der Waals surface area contributed by atoms with Crippen LogP contribution >= 0.6 is 11.3 Å². The number of aryl methyl sites for hydroxylation is 1. The first-order valence-corrected chi connectivity index (χ1v) is 8.60. The zero-order valence-electron chi connectivity index (χ0n) is 13.4. The summed E-state index contributed by atoms with van der Waals surface area (Å²) in [6.07, 6.45) is 0.224. The lowest BCUT2D eigenvalue weighted by atomic mass is 10.2. The molecule has 1 aliphatic heterocycles. The van der Waals surface area contributed by atoms with E-state index in [9.17, 15) is 14.0 Å². The highest BCUT2D eigenvalue weighted by molar-refractivity contribution is 7.09. The molecule has 24 heavy (non-hydrogen) atoms. The molecule has 1 aliphatic rings. The van der Waals surface area contributed by atoms with Gasteiger partial charge in [-0.2, -0.15) is 0 Å². The second-order valence-electron chi connectivity index (χ2n) is 5.80. The number of benzene rings is 1. The van der Waals surface area contributed by atoms with E-state index < -0.39 is 0 Å². The second kappa shape index (κ2) is 7.09. The minimum atomic E-state index is -0.313. The van der Waals surface area contributed by atoms with Gasteiger partial charge in [0.2, 0.25) is 11.8 Å². The highest BCUT2D eigenvalue weighted by Gasteiger charge is 2.27. The van der Waals surface area contributed by atoms with Crippen molar-refractivity contribution in [1.82, 2.24) is 14.8 Å². The van der Waals surface area contributed by atoms with Crippen molar-refractivity contribution in [3.8, 4) is 0 Å². The van der Waals surface area contributed by atoms with Crippen molar-refractivity contribution in [3.05, 3.63) is 51.7 Å². The summed E-state index contributed by atoms with van der Waals surface area (Å²) in [4.78, 5) is 32.1. The third-order valence-corrected chi connectivity index (χ3v) is 4.76. The normalized spacial score (nSPS) is 15.0. The molecule has 5 nitrogen and oxygen atoms in total. The Labute approximate surface area is 143 Å². The summed E-state index contributed by atoms with van der Waals surface area (Å²) in [6.45, 7) is 3.27. The van der Waals surface area contributed by atoms with Crippen LogP contribution in [0.5, 0.6) is 0 Å². The largest absolute Gasteiger partial charge is 0.335 e. The summed E-state index contributed by atoms with van der Waals surface area (Å²) in [5.41, 5.74) is 1.50. The molecule has 126 valence electrons. The molecule has 0 spiro atoms. The van der Waals surface area contributed by atoms with E-state index in [0.29, 0.717) is 19.6 Å². The molecule has 2 heterocycles. The first kappa shape index (κ1) is 16.6. The number of hydrogen-bond acceptors (Lipinski definition) is 4. The minimum absolute atomic E-state index is 0.0667. The van der Waals surface area contributed by atoms with Crippen molar-refractivity contribution in [3.63, 3.8) is 0 Å². The number of halogens is 1. The number of nitrogens with zero attached hydrogens (tertiary/aromatic N) is 3. The lowest BCUT2D eigenvalue weighted by Crippen LogP contribution is -2.52. The average Bonchev–Trinajstić information content (AvgIpc) is 2.94. The molecule has 0 bridgehead atoms. The molecule has 0 aliphatic carbocycles. The number of carbonyl (C=O) groups is 2. The lowest BCUT2D eigenvalue weighted by Gasteiger charge is -2.34. The van der Waals surface area contributed by atoms with Gasteiger partial charge in [-0.15, -0.1) is 11.3 Å². The molecule has 0 atom stereocenters. The van der Waals surface area contributed by atoms with Crippen molar-refractivity contribution >= 4 is 23.2 Å². The molecule has 1 aromatic carbocycles. The molecule has 2 aromatic rings. The van der Waals surface area contributed by atoms with Crippen LogP contribution in [0.4, 0.5) is 4.39 Å². The number of hydrogen-bond donors (Lipinski definition) is 0. The van der Waals surface area contributed by atoms with Gasteiger partial charge in [-0.1, -0.05) is 12.1 Å². The Morgan fingerprint density at radius 1 is 1.38 bits per heavy atom. The van der Waals surface area contributed by atoms with Gasteiger partial charge in [-0.3, -0.25) is 9.59 Å². The van der Waals surface area contributed by atoms with Crippen molar-refractivity contribution < 1.29 is 14.0 Å². The summed E-state index contributed by atoms with van der Waals surface area (Å²) < 4.78 is 13.2. The minimum Gasteiger partial charge on any atom is -0.335 e. The van der Waals surface area contributed by atoms with Crippen molar-refractivity contribution in [2.24, 2.45) is 0 Å². The second-order valence-corrected chi connectivity index (χ2v) is 6.86. The summed E-state index contributed by atoms with van der Waals surface area (Å²) in [5.74, 6) is -0.514. The average molecular weight is 347 g/mol. The number of piperazine rings is 1. The van der Waals surface area contributed by atoms with Crippen LogP contribution in [0.15, 0.2) is 29.6 Å². The maximum atomic E-state index is 13.2. The predicted octanol–water partition coefficient (Wildman–Crippen LogP) is 2.00. The molecule has 0 unspecified atom stereocenters. The maximum Gasteiger partial charge on any atom is 0.242 e. The summed E-state index contributed by atoms with van der Waals surface area (Å²) in [5, 5.41) is 2.80. The van der Waals surface area contributed by atoms with Gasteiger partial charge >= 0.3 is 0 Å². The summed E-state index contributed by atoms with van der Waals surface area (Å²) >= 11 is 1.51. The fraction of sp³-hybridized carbons (Fsp3) is 0.353. The predicted molar refractivity (Wildman–Crippen MR) is 89.0 cm³/mol. The zero-order valence-corrected chi connectivity index (χ0v) is 14.2. The van der Waals surface area contributed by atoms with Gasteiger partial charge in [0.25, 0.3) is 0 Å². The molecule has 0 saturated carbocycles. The van der Waals surface area contributed by atoms with Crippen LogP contribution in [0.1, 0.15) is 16.3 Å². The maximum absolute atomic E-state index is 13.2. The highest BCUT2D eigenvalue weighted by Crippen LogP contribution is 2.13. The number of rotatable bonds is 4. The van der Waals surface area contributed by atoms with Crippen LogP contribution in [0, 0.1) is 12.7 Å². The Morgan fingerprint density at radius 3 is 2.88 bits per heavy atom. The van der Waals surface area contributed by atoms with Gasteiger partial charge in [0.15, 0.2) is 0 Å². The van der Waals surface area contributed by atoms with E-state index in [0.717, 1.165) is 16.3 Å². The van der Waals surface area contributed by atoms with Crippen LogP contribution in [-0.2, 0) is 22.6 Å². The molecular formula is C17H18FN3O2S. The first-order chi connectivity index (χ1) is 11.5. The molecule has 1 fully saturated rings. The standard InChI is InChI=1S/C17H18FN3O2S/c1-12-19-15(11-24-12)8-16(22)21-6-5-20(17(23)10-21)9-13-3-2-4-14(18)7-13/h2-4,7,11H,5-6,8-10H2,1H3. The fourth-order valence-corrected chi connectivity index (χ4v) is 3.31. The van der Waals surface area contributed by atoms with E-state index in [2.05, 4.69) is 4.98 Å². The van der Waals surface area contributed by atoms with Gasteiger partial charge in [-0.05, 0) is 24.6 Å². The van der Waals surface area contributed by atoms with Gasteiger partial charge in [0.1, 0.15) is 5.82 Å². The monoisotopic (exact) mass is 347 g/mol.